The molecule has 0 spiro atoms. The van der Waals surface area contributed by atoms with Crippen molar-refractivity contribution in [1.29, 1.82) is 0 Å². The van der Waals surface area contributed by atoms with Crippen LogP contribution in [0.15, 0.2) is 35.1 Å². The van der Waals surface area contributed by atoms with Gasteiger partial charge in [0.15, 0.2) is 6.33 Å². The maximum absolute atomic E-state index is 12.4. The molecule has 0 saturated heterocycles. The molecule has 21 heavy (non-hydrogen) atoms. The van der Waals surface area contributed by atoms with E-state index < -0.39 is 17.8 Å². The molecule has 1 heterocycles. The lowest BCUT2D eigenvalue weighted by Gasteiger charge is -2.13. The van der Waals surface area contributed by atoms with E-state index in [0.717, 1.165) is 12.1 Å². The summed E-state index contributed by atoms with van der Waals surface area (Å²) in [5.74, 6) is 0.478. The lowest BCUT2D eigenvalue weighted by atomic mass is 10.1. The molecule has 5 nitrogen and oxygen atoms in total. The summed E-state index contributed by atoms with van der Waals surface area (Å²) in [6.45, 7) is 0.736. The van der Waals surface area contributed by atoms with Crippen LogP contribution < -0.4 is 5.32 Å². The van der Waals surface area contributed by atoms with Crippen LogP contribution in [0.4, 0.5) is 13.2 Å². The second kappa shape index (κ2) is 6.68. The van der Waals surface area contributed by atoms with Gasteiger partial charge in [0.05, 0.1) is 11.7 Å². The van der Waals surface area contributed by atoms with E-state index in [-0.39, 0.29) is 6.54 Å². The molecule has 0 aliphatic heterocycles. The minimum Gasteiger partial charge on any atom is -0.387 e. The maximum Gasteiger partial charge on any atom is 0.416 e. The van der Waals surface area contributed by atoms with Crippen LogP contribution in [0.25, 0.3) is 0 Å². The smallest absolute Gasteiger partial charge is 0.387 e. The van der Waals surface area contributed by atoms with Crippen molar-refractivity contribution in [1.82, 2.24) is 15.5 Å². The average molecular weight is 301 g/mol. The number of hydrogen-bond donors (Lipinski definition) is 2. The van der Waals surface area contributed by atoms with E-state index in [0.29, 0.717) is 24.4 Å². The summed E-state index contributed by atoms with van der Waals surface area (Å²) in [5, 5.41) is 16.3. The van der Waals surface area contributed by atoms with Gasteiger partial charge in [-0.25, -0.2) is 0 Å². The topological polar surface area (TPSA) is 71.2 Å². The molecule has 8 heteroatoms. The zero-order valence-corrected chi connectivity index (χ0v) is 11.0. The van der Waals surface area contributed by atoms with Crippen LogP contribution in [0, 0.1) is 0 Å². The number of nitrogens with zero attached hydrogens (tertiary/aromatic N) is 2. The molecule has 114 valence electrons. The first-order valence-corrected chi connectivity index (χ1v) is 6.28. The first-order valence-electron chi connectivity index (χ1n) is 6.28. The highest BCUT2D eigenvalue weighted by atomic mass is 19.4. The third-order valence-electron chi connectivity index (χ3n) is 2.88. The summed E-state index contributed by atoms with van der Waals surface area (Å²) >= 11 is 0. The molecule has 0 fully saturated rings. The van der Waals surface area contributed by atoms with Gasteiger partial charge < -0.3 is 14.9 Å². The summed E-state index contributed by atoms with van der Waals surface area (Å²) in [7, 11) is 0. The number of aromatic nitrogens is 2. The molecular formula is C13H14F3N3O2. The molecule has 2 rings (SSSR count). The van der Waals surface area contributed by atoms with Gasteiger partial charge in [-0.15, -0.1) is 0 Å². The van der Waals surface area contributed by atoms with Crippen LogP contribution in [0.5, 0.6) is 0 Å². The Bertz CT molecular complexity index is 541. The lowest BCUT2D eigenvalue weighted by Crippen LogP contribution is -2.23. The first-order chi connectivity index (χ1) is 9.97. The van der Waals surface area contributed by atoms with E-state index in [4.69, 9.17) is 4.52 Å². The van der Waals surface area contributed by atoms with E-state index in [9.17, 15) is 18.3 Å². The zero-order valence-electron chi connectivity index (χ0n) is 11.0. The molecule has 1 aromatic carbocycles. The van der Waals surface area contributed by atoms with Crippen molar-refractivity contribution in [2.45, 2.75) is 18.7 Å². The normalized spacial score (nSPS) is 13.3. The van der Waals surface area contributed by atoms with Crippen LogP contribution in [0.1, 0.15) is 23.1 Å². The first kappa shape index (κ1) is 15.5. The predicted molar refractivity (Wildman–Crippen MR) is 67.3 cm³/mol. The molecule has 2 N–H and O–H groups in total. The molecule has 0 saturated carbocycles. The average Bonchev–Trinajstić information content (AvgIpc) is 2.96. The third-order valence-corrected chi connectivity index (χ3v) is 2.88. The monoisotopic (exact) mass is 301 g/mol. The second-order valence-corrected chi connectivity index (χ2v) is 4.42. The fraction of sp³-hybridized carbons (Fsp3) is 0.385. The van der Waals surface area contributed by atoms with Crippen LogP contribution in [0.3, 0.4) is 0 Å². The van der Waals surface area contributed by atoms with Crippen molar-refractivity contribution >= 4 is 0 Å². The van der Waals surface area contributed by atoms with Crippen molar-refractivity contribution in [2.75, 3.05) is 13.1 Å². The maximum atomic E-state index is 12.4. The number of hydrogen-bond acceptors (Lipinski definition) is 5. The highest BCUT2D eigenvalue weighted by Gasteiger charge is 2.30. The summed E-state index contributed by atoms with van der Waals surface area (Å²) in [6.07, 6.45) is -3.44. The molecule has 1 aromatic heterocycles. The Hall–Kier alpha value is -1.93. The van der Waals surface area contributed by atoms with Gasteiger partial charge >= 0.3 is 6.18 Å². The lowest BCUT2D eigenvalue weighted by molar-refractivity contribution is -0.137. The predicted octanol–water partition coefficient (Wildman–Crippen LogP) is 1.95. The summed E-state index contributed by atoms with van der Waals surface area (Å²) in [6, 6.07) is 4.45. The summed E-state index contributed by atoms with van der Waals surface area (Å²) in [5.41, 5.74) is -0.309. The van der Waals surface area contributed by atoms with E-state index >= 15 is 0 Å². The molecule has 0 aliphatic carbocycles. The van der Waals surface area contributed by atoms with Gasteiger partial charge in [0.25, 0.3) is 0 Å². The van der Waals surface area contributed by atoms with Gasteiger partial charge in [-0.2, -0.15) is 18.2 Å². The van der Waals surface area contributed by atoms with Crippen molar-refractivity contribution in [2.24, 2.45) is 0 Å². The standard InChI is InChI=1S/C13H14F3N3O2/c14-13(15,16)10-3-1-9(2-4-10)11(20)7-17-6-5-12-18-8-19-21-12/h1-4,8,11,17,20H,5-7H2. The number of aliphatic hydroxyl groups excluding tert-OH is 1. The fourth-order valence-corrected chi connectivity index (χ4v) is 1.75. The Labute approximate surface area is 118 Å². The molecule has 1 unspecified atom stereocenters. The Morgan fingerprint density at radius 3 is 2.52 bits per heavy atom. The van der Waals surface area contributed by atoms with E-state index in [1.807, 2.05) is 0 Å². The van der Waals surface area contributed by atoms with E-state index in [2.05, 4.69) is 15.5 Å². The van der Waals surface area contributed by atoms with Crippen LogP contribution >= 0.6 is 0 Å². The molecular weight excluding hydrogens is 287 g/mol. The van der Waals surface area contributed by atoms with Gasteiger partial charge in [0.2, 0.25) is 5.89 Å². The van der Waals surface area contributed by atoms with Crippen molar-refractivity contribution in [3.8, 4) is 0 Å². The molecule has 0 bridgehead atoms. The van der Waals surface area contributed by atoms with Gasteiger partial charge in [-0.05, 0) is 17.7 Å². The zero-order chi connectivity index (χ0) is 15.3. The molecule has 1 atom stereocenters. The number of halogens is 3. The Balaban J connectivity index is 1.79. The van der Waals surface area contributed by atoms with Gasteiger partial charge in [0.1, 0.15) is 0 Å². The Kier molecular flexibility index (Phi) is 4.92. The number of benzene rings is 1. The van der Waals surface area contributed by atoms with Crippen LogP contribution in [0.2, 0.25) is 0 Å². The largest absolute Gasteiger partial charge is 0.416 e. The minimum absolute atomic E-state index is 0.222. The minimum atomic E-state index is -4.37. The highest BCUT2D eigenvalue weighted by Crippen LogP contribution is 2.29. The molecule has 2 aromatic rings. The second-order valence-electron chi connectivity index (χ2n) is 4.42. The van der Waals surface area contributed by atoms with Crippen LogP contribution in [-0.2, 0) is 12.6 Å². The summed E-state index contributed by atoms with van der Waals surface area (Å²) in [4.78, 5) is 3.84. The summed E-state index contributed by atoms with van der Waals surface area (Å²) < 4.78 is 42.0. The van der Waals surface area contributed by atoms with E-state index in [1.54, 1.807) is 0 Å². The van der Waals surface area contributed by atoms with Crippen LogP contribution in [-0.4, -0.2) is 28.3 Å². The highest BCUT2D eigenvalue weighted by molar-refractivity contribution is 5.26. The van der Waals surface area contributed by atoms with E-state index in [1.165, 1.54) is 18.5 Å². The number of rotatable bonds is 6. The molecule has 0 amide bonds. The fourth-order valence-electron chi connectivity index (χ4n) is 1.75. The molecule has 0 aliphatic rings. The number of nitrogens with one attached hydrogen (secondary N) is 1. The van der Waals surface area contributed by atoms with Crippen molar-refractivity contribution < 1.29 is 22.8 Å². The SMILES string of the molecule is OC(CNCCc1ncno1)c1ccc(C(F)(F)F)cc1. The van der Waals surface area contributed by atoms with Gasteiger partial charge in [0, 0.05) is 19.5 Å². The number of alkyl halides is 3. The molecule has 0 radical (unpaired) electrons. The number of aliphatic hydroxyl groups is 1. The van der Waals surface area contributed by atoms with Crippen molar-refractivity contribution in [3.63, 3.8) is 0 Å². The Morgan fingerprint density at radius 1 is 1.24 bits per heavy atom. The quantitative estimate of drug-likeness (QED) is 0.798. The van der Waals surface area contributed by atoms with Gasteiger partial charge in [-0.3, -0.25) is 0 Å². The van der Waals surface area contributed by atoms with Gasteiger partial charge in [-0.1, -0.05) is 17.3 Å². The third kappa shape index (κ3) is 4.54. The van der Waals surface area contributed by atoms with Crippen molar-refractivity contribution in [3.05, 3.63) is 47.6 Å². The Morgan fingerprint density at radius 2 is 1.95 bits per heavy atom.